The van der Waals surface area contributed by atoms with Gasteiger partial charge >= 0.3 is 0 Å². The molecule has 0 spiro atoms. The zero-order valence-corrected chi connectivity index (χ0v) is 13.6. The van der Waals surface area contributed by atoms with Crippen LogP contribution in [0, 0.1) is 0 Å². The molecule has 4 heteroatoms. The Bertz CT molecular complexity index is 596. The van der Waals surface area contributed by atoms with E-state index < -0.39 is 0 Å². The van der Waals surface area contributed by atoms with Gasteiger partial charge in [0.1, 0.15) is 0 Å². The Morgan fingerprint density at radius 1 is 0.895 bits per heavy atom. The molecule has 1 aromatic carbocycles. The smallest absolute Gasteiger partial charge is 0.0706 e. The molecule has 0 saturated heterocycles. The number of rotatable bonds is 2. The molecule has 0 atom stereocenters. The molecule has 0 N–H and O–H groups in total. The Labute approximate surface area is 130 Å². The van der Waals surface area contributed by atoms with Crippen LogP contribution in [0.2, 0.25) is 0 Å². The van der Waals surface area contributed by atoms with Gasteiger partial charge in [0.25, 0.3) is 0 Å². The van der Waals surface area contributed by atoms with Crippen molar-refractivity contribution >= 4 is 47.0 Å². The molecule has 0 aromatic heterocycles. The second kappa shape index (κ2) is 5.92. The van der Waals surface area contributed by atoms with Crippen molar-refractivity contribution in [1.29, 1.82) is 0 Å². The summed E-state index contributed by atoms with van der Waals surface area (Å²) in [5.74, 6) is 0. The largest absolute Gasteiger partial charge is 0.0979 e. The normalized spacial score (nSPS) is 18.6. The van der Waals surface area contributed by atoms with Crippen molar-refractivity contribution in [3.63, 3.8) is 0 Å². The van der Waals surface area contributed by atoms with E-state index in [1.807, 2.05) is 53.1 Å². The summed E-state index contributed by atoms with van der Waals surface area (Å²) in [4.78, 5) is 5.32. The van der Waals surface area contributed by atoms with Gasteiger partial charge in [-0.3, -0.25) is 0 Å². The lowest BCUT2D eigenvalue weighted by Crippen LogP contribution is -1.66. The van der Waals surface area contributed by atoms with E-state index in [0.717, 1.165) is 0 Å². The third-order valence-corrected chi connectivity index (χ3v) is 8.24. The first-order valence-electron chi connectivity index (χ1n) is 5.86. The minimum absolute atomic E-state index is 1.27. The second-order valence-electron chi connectivity index (χ2n) is 3.86. The number of allylic oxidation sites excluding steroid dienone is 3. The molecule has 0 amide bonds. The third kappa shape index (κ3) is 2.72. The van der Waals surface area contributed by atoms with E-state index in [2.05, 4.69) is 49.9 Å². The van der Waals surface area contributed by atoms with E-state index in [0.29, 0.717) is 0 Å². The van der Waals surface area contributed by atoms with Gasteiger partial charge in [0.2, 0.25) is 0 Å². The molecule has 0 aliphatic carbocycles. The van der Waals surface area contributed by atoms with Gasteiger partial charge in [-0.1, -0.05) is 84.0 Å². The van der Waals surface area contributed by atoms with Crippen molar-refractivity contribution in [1.82, 2.24) is 0 Å². The highest BCUT2D eigenvalue weighted by Crippen LogP contribution is 2.60. The van der Waals surface area contributed by atoms with E-state index in [-0.39, 0.29) is 0 Å². The molecule has 19 heavy (non-hydrogen) atoms. The quantitative estimate of drug-likeness (QED) is 0.612. The number of hydrogen-bond donors (Lipinski definition) is 0. The highest BCUT2D eigenvalue weighted by molar-refractivity contribution is 8.32. The van der Waals surface area contributed by atoms with Gasteiger partial charge in [-0.25, -0.2) is 0 Å². The summed E-state index contributed by atoms with van der Waals surface area (Å²) in [6, 6.07) is 8.60. The van der Waals surface area contributed by atoms with Gasteiger partial charge in [0.05, 0.1) is 8.47 Å². The Morgan fingerprint density at radius 3 is 2.05 bits per heavy atom. The molecule has 2 heterocycles. The van der Waals surface area contributed by atoms with Gasteiger partial charge < -0.3 is 0 Å². The van der Waals surface area contributed by atoms with Crippen LogP contribution in [0.1, 0.15) is 6.92 Å². The highest BCUT2D eigenvalue weighted by atomic mass is 32.2. The van der Waals surface area contributed by atoms with Crippen LogP contribution in [-0.4, -0.2) is 0 Å². The molecule has 0 bridgehead atoms. The molecule has 1 aromatic rings. The van der Waals surface area contributed by atoms with Crippen molar-refractivity contribution in [2.75, 3.05) is 0 Å². The average molecular weight is 321 g/mol. The fraction of sp³-hybridized carbons (Fsp3) is 0.0667. The van der Waals surface area contributed by atoms with E-state index in [9.17, 15) is 0 Å². The first-order chi connectivity index (χ1) is 9.31. The Balaban J connectivity index is 1.88. The molecule has 2 aliphatic rings. The zero-order valence-electron chi connectivity index (χ0n) is 10.4. The highest BCUT2D eigenvalue weighted by Gasteiger charge is 2.26. The molecule has 0 saturated carbocycles. The maximum absolute atomic E-state index is 3.91. The van der Waals surface area contributed by atoms with E-state index >= 15 is 0 Å². The maximum atomic E-state index is 3.91. The molecule has 2 aliphatic heterocycles. The topological polar surface area (TPSA) is 0 Å². The van der Waals surface area contributed by atoms with E-state index in [1.54, 1.807) is 0 Å². The van der Waals surface area contributed by atoms with Gasteiger partial charge in [0.15, 0.2) is 0 Å². The Hall–Kier alpha value is -0.420. The third-order valence-electron chi connectivity index (χ3n) is 2.57. The summed E-state index contributed by atoms with van der Waals surface area (Å²) in [6.07, 6.45) is 6.21. The van der Waals surface area contributed by atoms with Crippen molar-refractivity contribution in [2.45, 2.75) is 16.7 Å². The molecule has 96 valence electrons. The van der Waals surface area contributed by atoms with Gasteiger partial charge in [-0.05, 0) is 19.1 Å². The van der Waals surface area contributed by atoms with Gasteiger partial charge in [0, 0.05) is 19.6 Å². The van der Waals surface area contributed by atoms with Gasteiger partial charge in [-0.15, -0.1) is 0 Å². The summed E-state index contributed by atoms with van der Waals surface area (Å²) in [6.45, 7) is 5.97. The van der Waals surface area contributed by atoms with E-state index in [1.165, 1.54) is 28.1 Å². The molecule has 0 radical (unpaired) electrons. The molecule has 0 unspecified atom stereocenters. The zero-order chi connectivity index (χ0) is 13.2. The van der Waals surface area contributed by atoms with Crippen LogP contribution in [0.5, 0.6) is 0 Å². The fourth-order valence-electron chi connectivity index (χ4n) is 1.74. The van der Waals surface area contributed by atoms with Crippen LogP contribution in [0.4, 0.5) is 0 Å². The summed E-state index contributed by atoms with van der Waals surface area (Å²) in [5.41, 5.74) is 0. The lowest BCUT2D eigenvalue weighted by molar-refractivity contribution is 1.27. The molecule has 0 nitrogen and oxygen atoms in total. The van der Waals surface area contributed by atoms with Crippen LogP contribution in [-0.2, 0) is 0 Å². The predicted molar refractivity (Wildman–Crippen MR) is 92.4 cm³/mol. The van der Waals surface area contributed by atoms with Gasteiger partial charge in [-0.2, -0.15) is 0 Å². The number of hydrogen-bond acceptors (Lipinski definition) is 4. The van der Waals surface area contributed by atoms with Crippen LogP contribution >= 0.6 is 47.0 Å². The summed E-state index contributed by atoms with van der Waals surface area (Å²) in [5, 5.41) is 0. The van der Waals surface area contributed by atoms with Crippen molar-refractivity contribution in [2.24, 2.45) is 0 Å². The van der Waals surface area contributed by atoms with Crippen molar-refractivity contribution in [3.8, 4) is 0 Å². The monoisotopic (exact) mass is 320 g/mol. The molecule has 3 rings (SSSR count). The van der Waals surface area contributed by atoms with Crippen LogP contribution in [0.3, 0.4) is 0 Å². The summed E-state index contributed by atoms with van der Waals surface area (Å²) in [7, 11) is 0. The maximum Gasteiger partial charge on any atom is 0.0706 e. The summed E-state index contributed by atoms with van der Waals surface area (Å²) < 4.78 is 2.78. The fourth-order valence-corrected chi connectivity index (χ4v) is 7.05. The molecule has 0 fully saturated rings. The second-order valence-corrected chi connectivity index (χ2v) is 8.59. The standard InChI is InChI=1S/C15H12S4/c1-3-7-11-10(4-2)16-14(17-11)15-18-12-8-5-6-9-13(12)19-15/h3-9H,2H2,1H3/b7-3-. The minimum Gasteiger partial charge on any atom is -0.0979 e. The Kier molecular flexibility index (Phi) is 4.22. The predicted octanol–water partition coefficient (Wildman–Crippen LogP) is 6.46. The minimum atomic E-state index is 1.27. The number of thioether (sulfide) groups is 4. The first kappa shape index (κ1) is 13.6. The van der Waals surface area contributed by atoms with Crippen LogP contribution < -0.4 is 0 Å². The SMILES string of the molecule is C=CC1=C(/C=C\C)SC(=C2Sc3ccccc3S2)S1. The lowest BCUT2D eigenvalue weighted by Gasteiger charge is -1.99. The number of benzene rings is 1. The van der Waals surface area contributed by atoms with Crippen LogP contribution in [0.25, 0.3) is 0 Å². The number of fused-ring (bicyclic) bond motifs is 1. The van der Waals surface area contributed by atoms with Crippen molar-refractivity contribution < 1.29 is 0 Å². The lowest BCUT2D eigenvalue weighted by atomic mass is 10.4. The molecular weight excluding hydrogens is 308 g/mol. The van der Waals surface area contributed by atoms with E-state index in [4.69, 9.17) is 0 Å². The first-order valence-corrected chi connectivity index (χ1v) is 9.12. The average Bonchev–Trinajstić information content (AvgIpc) is 3.02. The van der Waals surface area contributed by atoms with Crippen molar-refractivity contribution in [3.05, 3.63) is 67.4 Å². The Morgan fingerprint density at radius 2 is 1.47 bits per heavy atom. The molecular formula is C15H12S4. The van der Waals surface area contributed by atoms with Crippen LogP contribution in [0.15, 0.2) is 77.1 Å². The summed E-state index contributed by atoms with van der Waals surface area (Å²) >= 11 is 7.46.